The first kappa shape index (κ1) is 21.6. The number of nitrogens with zero attached hydrogens (tertiary/aromatic N) is 3. The van der Waals surface area contributed by atoms with Crippen molar-refractivity contribution in [2.75, 3.05) is 53.4 Å². The third-order valence-corrected chi connectivity index (χ3v) is 6.22. The molecule has 1 unspecified atom stereocenters. The third-order valence-electron chi connectivity index (χ3n) is 6.22. The van der Waals surface area contributed by atoms with Crippen LogP contribution >= 0.6 is 0 Å². The van der Waals surface area contributed by atoms with Gasteiger partial charge in [0.1, 0.15) is 5.75 Å². The Balaban J connectivity index is 1.41. The molecule has 2 amide bonds. The Kier molecular flexibility index (Phi) is 7.92. The molecule has 2 saturated heterocycles. The van der Waals surface area contributed by atoms with E-state index in [-0.39, 0.29) is 11.8 Å². The van der Waals surface area contributed by atoms with Crippen molar-refractivity contribution in [2.45, 2.75) is 38.5 Å². The summed E-state index contributed by atoms with van der Waals surface area (Å²) >= 11 is 0. The molecular weight excluding hydrogens is 366 g/mol. The maximum absolute atomic E-state index is 12.5. The molecule has 2 aliphatic rings. The molecule has 3 rings (SSSR count). The number of amides is 2. The average molecular weight is 402 g/mol. The van der Waals surface area contributed by atoms with Crippen LogP contribution in [0.1, 0.15) is 37.7 Å². The van der Waals surface area contributed by atoms with Gasteiger partial charge in [0.2, 0.25) is 11.8 Å². The summed E-state index contributed by atoms with van der Waals surface area (Å²) in [5.41, 5.74) is 1.25. The van der Waals surface area contributed by atoms with Crippen molar-refractivity contribution >= 4 is 11.8 Å². The van der Waals surface area contributed by atoms with Gasteiger partial charge < -0.3 is 19.4 Å². The zero-order chi connectivity index (χ0) is 20.6. The number of carbonyl (C=O) groups is 2. The van der Waals surface area contributed by atoms with Crippen molar-refractivity contribution < 1.29 is 14.3 Å². The Bertz CT molecular complexity index is 694. The summed E-state index contributed by atoms with van der Waals surface area (Å²) in [5, 5.41) is 0. The summed E-state index contributed by atoms with van der Waals surface area (Å²) in [7, 11) is 3.63. The van der Waals surface area contributed by atoms with E-state index in [0.29, 0.717) is 25.3 Å². The zero-order valence-corrected chi connectivity index (χ0v) is 17.9. The van der Waals surface area contributed by atoms with Gasteiger partial charge in [-0.1, -0.05) is 18.2 Å². The van der Waals surface area contributed by atoms with Crippen LogP contribution in [0.3, 0.4) is 0 Å². The number of hydrogen-bond donors (Lipinski definition) is 0. The fourth-order valence-electron chi connectivity index (χ4n) is 4.54. The van der Waals surface area contributed by atoms with Crippen molar-refractivity contribution in [3.8, 4) is 5.75 Å². The lowest BCUT2D eigenvalue weighted by atomic mass is 9.97. The number of para-hydroxylation sites is 1. The van der Waals surface area contributed by atoms with Gasteiger partial charge in [-0.15, -0.1) is 0 Å². The predicted molar refractivity (Wildman–Crippen MR) is 114 cm³/mol. The van der Waals surface area contributed by atoms with Crippen LogP contribution in [0.4, 0.5) is 0 Å². The summed E-state index contributed by atoms with van der Waals surface area (Å²) < 4.78 is 5.46. The van der Waals surface area contributed by atoms with Gasteiger partial charge in [-0.2, -0.15) is 0 Å². The number of carbonyl (C=O) groups excluding carboxylic acids is 2. The van der Waals surface area contributed by atoms with Crippen LogP contribution in [0.2, 0.25) is 0 Å². The molecule has 0 N–H and O–H groups in total. The first-order valence-electron chi connectivity index (χ1n) is 10.9. The molecule has 1 aromatic carbocycles. The molecule has 6 heteroatoms. The van der Waals surface area contributed by atoms with E-state index in [0.717, 1.165) is 51.3 Å². The molecule has 6 nitrogen and oxygen atoms in total. The van der Waals surface area contributed by atoms with E-state index < -0.39 is 0 Å². The lowest BCUT2D eigenvalue weighted by Crippen LogP contribution is -2.42. The second-order valence-corrected chi connectivity index (χ2v) is 8.38. The highest BCUT2D eigenvalue weighted by Crippen LogP contribution is 2.21. The van der Waals surface area contributed by atoms with E-state index in [1.165, 1.54) is 18.4 Å². The van der Waals surface area contributed by atoms with Gasteiger partial charge in [0.15, 0.2) is 0 Å². The Morgan fingerprint density at radius 1 is 1.21 bits per heavy atom. The monoisotopic (exact) mass is 401 g/mol. The average Bonchev–Trinajstić information content (AvgIpc) is 3.15. The summed E-state index contributed by atoms with van der Waals surface area (Å²) in [6, 6.07) is 8.22. The first-order chi connectivity index (χ1) is 14.1. The smallest absolute Gasteiger partial charge is 0.224 e. The van der Waals surface area contributed by atoms with Crippen LogP contribution in [0.25, 0.3) is 0 Å². The van der Waals surface area contributed by atoms with E-state index >= 15 is 0 Å². The van der Waals surface area contributed by atoms with Crippen molar-refractivity contribution in [2.24, 2.45) is 5.92 Å². The van der Waals surface area contributed by atoms with Crippen molar-refractivity contribution in [1.82, 2.24) is 14.7 Å². The number of hydrogen-bond acceptors (Lipinski definition) is 4. The Morgan fingerprint density at radius 2 is 2.03 bits per heavy atom. The fraction of sp³-hybridized carbons (Fsp3) is 0.652. The molecule has 2 fully saturated rings. The molecule has 0 radical (unpaired) electrons. The van der Waals surface area contributed by atoms with Gasteiger partial charge in [-0.25, -0.2) is 0 Å². The zero-order valence-electron chi connectivity index (χ0n) is 17.9. The van der Waals surface area contributed by atoms with Gasteiger partial charge in [0.25, 0.3) is 0 Å². The number of methoxy groups -OCH3 is 1. The Labute approximate surface area is 174 Å². The molecule has 1 atom stereocenters. The molecule has 0 aliphatic carbocycles. The van der Waals surface area contributed by atoms with Crippen LogP contribution < -0.4 is 4.74 Å². The molecule has 0 saturated carbocycles. The quantitative estimate of drug-likeness (QED) is 0.638. The van der Waals surface area contributed by atoms with Crippen LogP contribution in [0.5, 0.6) is 5.75 Å². The Morgan fingerprint density at radius 3 is 2.79 bits per heavy atom. The summed E-state index contributed by atoms with van der Waals surface area (Å²) in [6.07, 6.45) is 5.34. The lowest BCUT2D eigenvalue weighted by molar-refractivity contribution is -0.132. The molecule has 0 bridgehead atoms. The number of rotatable bonds is 9. The SMILES string of the molecule is COc1ccccc1CCN1CCCC(CN(C)C(=O)CCN2CCCC2=O)C1. The second-order valence-electron chi connectivity index (χ2n) is 8.38. The van der Waals surface area contributed by atoms with E-state index in [9.17, 15) is 9.59 Å². The van der Waals surface area contributed by atoms with Gasteiger partial charge >= 0.3 is 0 Å². The van der Waals surface area contributed by atoms with Crippen molar-refractivity contribution in [3.05, 3.63) is 29.8 Å². The fourth-order valence-corrected chi connectivity index (χ4v) is 4.54. The van der Waals surface area contributed by atoms with Gasteiger partial charge in [0, 0.05) is 52.6 Å². The molecule has 0 spiro atoms. The molecule has 2 aliphatic heterocycles. The normalized spacial score (nSPS) is 20.1. The molecule has 2 heterocycles. The van der Waals surface area contributed by atoms with Crippen molar-refractivity contribution in [1.29, 1.82) is 0 Å². The topological polar surface area (TPSA) is 53.1 Å². The summed E-state index contributed by atoms with van der Waals surface area (Å²) in [4.78, 5) is 30.4. The molecular formula is C23H35N3O3. The third kappa shape index (κ3) is 6.20. The number of likely N-dealkylation sites (tertiary alicyclic amines) is 2. The first-order valence-corrected chi connectivity index (χ1v) is 10.9. The molecule has 0 aromatic heterocycles. The predicted octanol–water partition coefficient (Wildman–Crippen LogP) is 2.42. The van der Waals surface area contributed by atoms with Crippen molar-refractivity contribution in [3.63, 3.8) is 0 Å². The molecule has 29 heavy (non-hydrogen) atoms. The van der Waals surface area contributed by atoms with Crippen LogP contribution in [-0.4, -0.2) is 79.9 Å². The lowest BCUT2D eigenvalue weighted by Gasteiger charge is -2.35. The van der Waals surface area contributed by atoms with E-state index in [2.05, 4.69) is 17.0 Å². The van der Waals surface area contributed by atoms with Gasteiger partial charge in [-0.05, 0) is 49.8 Å². The Hall–Kier alpha value is -2.08. The highest BCUT2D eigenvalue weighted by molar-refractivity contribution is 5.80. The number of piperidine rings is 1. The van der Waals surface area contributed by atoms with Gasteiger partial charge in [-0.3, -0.25) is 9.59 Å². The molecule has 160 valence electrons. The summed E-state index contributed by atoms with van der Waals surface area (Å²) in [6.45, 7) is 5.36. The maximum Gasteiger partial charge on any atom is 0.224 e. The standard InChI is InChI=1S/C23H35N3O3/c1-24(22(27)12-16-26-14-6-10-23(26)28)17-19-7-5-13-25(18-19)15-11-20-8-3-4-9-21(20)29-2/h3-4,8-9,19H,5-7,10-18H2,1-2H3. The summed E-state index contributed by atoms with van der Waals surface area (Å²) in [5.74, 6) is 1.82. The number of benzene rings is 1. The van der Waals surface area contributed by atoms with Gasteiger partial charge in [0.05, 0.1) is 7.11 Å². The van der Waals surface area contributed by atoms with E-state index in [1.807, 2.05) is 29.0 Å². The van der Waals surface area contributed by atoms with Crippen LogP contribution in [0, 0.1) is 5.92 Å². The minimum Gasteiger partial charge on any atom is -0.496 e. The minimum atomic E-state index is 0.149. The molecule has 1 aromatic rings. The van der Waals surface area contributed by atoms with E-state index in [1.54, 1.807) is 7.11 Å². The van der Waals surface area contributed by atoms with Crippen LogP contribution in [0.15, 0.2) is 24.3 Å². The largest absolute Gasteiger partial charge is 0.496 e. The maximum atomic E-state index is 12.5. The number of ether oxygens (including phenoxy) is 1. The minimum absolute atomic E-state index is 0.149. The highest BCUT2D eigenvalue weighted by Gasteiger charge is 2.24. The van der Waals surface area contributed by atoms with E-state index in [4.69, 9.17) is 4.74 Å². The highest BCUT2D eigenvalue weighted by atomic mass is 16.5. The second kappa shape index (κ2) is 10.6. The van der Waals surface area contributed by atoms with Crippen LogP contribution in [-0.2, 0) is 16.0 Å².